The molecule has 0 aliphatic carbocycles. The van der Waals surface area contributed by atoms with Gasteiger partial charge in [0.2, 0.25) is 11.8 Å². The predicted molar refractivity (Wildman–Crippen MR) is 101 cm³/mol. The molecule has 2 aromatic carbocycles. The summed E-state index contributed by atoms with van der Waals surface area (Å²) >= 11 is 1.32. The number of rotatable bonds is 6. The highest BCUT2D eigenvalue weighted by atomic mass is 32.2. The lowest BCUT2D eigenvalue weighted by Crippen LogP contribution is -2.33. The lowest BCUT2D eigenvalue weighted by molar-refractivity contribution is -0.137. The number of alkyl halides is 3. The summed E-state index contributed by atoms with van der Waals surface area (Å²) in [6, 6.07) is 10.4. The van der Waals surface area contributed by atoms with Crippen LogP contribution in [0.5, 0.6) is 0 Å². The van der Waals surface area contributed by atoms with Gasteiger partial charge < -0.3 is 10.2 Å². The van der Waals surface area contributed by atoms with E-state index in [0.717, 1.165) is 17.7 Å². The molecule has 9 heteroatoms. The molecule has 29 heavy (non-hydrogen) atoms. The van der Waals surface area contributed by atoms with Crippen LogP contribution < -0.4 is 5.32 Å². The monoisotopic (exact) mass is 426 g/mol. The Balaban J connectivity index is 1.56. The van der Waals surface area contributed by atoms with Crippen LogP contribution in [0.3, 0.4) is 0 Å². The van der Waals surface area contributed by atoms with E-state index in [1.54, 1.807) is 12.1 Å². The van der Waals surface area contributed by atoms with Crippen molar-refractivity contribution in [3.05, 3.63) is 71.0 Å². The number of carbonyl (C=O) groups excluding carboxylic acids is 2. The second-order valence-corrected chi connectivity index (χ2v) is 7.59. The minimum absolute atomic E-state index is 0.0601. The summed E-state index contributed by atoms with van der Waals surface area (Å²) in [6.45, 7) is 0.400. The first-order valence-electron chi connectivity index (χ1n) is 8.83. The second kappa shape index (κ2) is 8.86. The molecule has 0 saturated carbocycles. The molecule has 1 saturated heterocycles. The molecule has 154 valence electrons. The van der Waals surface area contributed by atoms with Gasteiger partial charge in [-0.25, -0.2) is 4.39 Å². The van der Waals surface area contributed by atoms with Crippen molar-refractivity contribution in [3.63, 3.8) is 0 Å². The maximum absolute atomic E-state index is 12.9. The number of halogens is 4. The van der Waals surface area contributed by atoms with Gasteiger partial charge in [0.05, 0.1) is 11.3 Å². The van der Waals surface area contributed by atoms with Gasteiger partial charge in [0.25, 0.3) is 0 Å². The van der Waals surface area contributed by atoms with Gasteiger partial charge in [-0.3, -0.25) is 9.59 Å². The summed E-state index contributed by atoms with van der Waals surface area (Å²) in [5.41, 5.74) is 0.582. The first-order valence-corrected chi connectivity index (χ1v) is 9.88. The average molecular weight is 426 g/mol. The number of thioether (sulfide) groups is 1. The maximum atomic E-state index is 12.9. The molecule has 1 fully saturated rings. The Kier molecular flexibility index (Phi) is 6.46. The lowest BCUT2D eigenvalue weighted by Gasteiger charge is -2.24. The van der Waals surface area contributed by atoms with Gasteiger partial charge in [0, 0.05) is 19.5 Å². The van der Waals surface area contributed by atoms with Crippen LogP contribution >= 0.6 is 11.8 Å². The van der Waals surface area contributed by atoms with E-state index in [9.17, 15) is 27.2 Å². The number of hydrogen-bond acceptors (Lipinski definition) is 3. The number of nitrogens with zero attached hydrogens (tertiary/aromatic N) is 1. The molecule has 0 spiro atoms. The third kappa shape index (κ3) is 5.50. The van der Waals surface area contributed by atoms with E-state index in [2.05, 4.69) is 5.32 Å². The molecule has 2 aromatic rings. The van der Waals surface area contributed by atoms with Crippen LogP contribution in [0, 0.1) is 5.82 Å². The van der Waals surface area contributed by atoms with Gasteiger partial charge in [-0.1, -0.05) is 24.3 Å². The molecule has 3 rings (SSSR count). The molecule has 0 radical (unpaired) electrons. The molecule has 1 aliphatic rings. The second-order valence-electron chi connectivity index (χ2n) is 6.52. The zero-order chi connectivity index (χ0) is 21.0. The molecular formula is C20H18F4N2O2S. The van der Waals surface area contributed by atoms with Crippen molar-refractivity contribution in [2.24, 2.45) is 0 Å². The highest BCUT2D eigenvalue weighted by Crippen LogP contribution is 2.39. The minimum atomic E-state index is -4.42. The van der Waals surface area contributed by atoms with Crippen LogP contribution in [0.15, 0.2) is 48.5 Å². The molecule has 2 amide bonds. The number of hydrogen-bond donors (Lipinski definition) is 1. The van der Waals surface area contributed by atoms with E-state index < -0.39 is 17.1 Å². The predicted octanol–water partition coefficient (Wildman–Crippen LogP) is 4.13. The van der Waals surface area contributed by atoms with Crippen LogP contribution in [-0.2, 0) is 22.3 Å². The van der Waals surface area contributed by atoms with Gasteiger partial charge in [-0.2, -0.15) is 13.2 Å². The molecule has 0 bridgehead atoms. The summed E-state index contributed by atoms with van der Waals surface area (Å²) in [5.74, 6) is -0.584. The topological polar surface area (TPSA) is 49.4 Å². The zero-order valence-electron chi connectivity index (χ0n) is 15.2. The highest BCUT2D eigenvalue weighted by molar-refractivity contribution is 8.00. The molecule has 4 nitrogen and oxygen atoms in total. The Morgan fingerprint density at radius 1 is 1.10 bits per heavy atom. The molecule has 1 N–H and O–H groups in total. The third-order valence-corrected chi connectivity index (χ3v) is 5.73. The fourth-order valence-electron chi connectivity index (χ4n) is 2.92. The molecule has 1 heterocycles. The van der Waals surface area contributed by atoms with E-state index in [0.29, 0.717) is 5.56 Å². The SMILES string of the molecule is O=C(CCN1C(=O)CSC1c1ccc(C(F)(F)F)cc1)NCc1ccc(F)cc1. The van der Waals surface area contributed by atoms with E-state index in [4.69, 9.17) is 0 Å². The van der Waals surface area contributed by atoms with E-state index in [1.807, 2.05) is 0 Å². The largest absolute Gasteiger partial charge is 0.416 e. The van der Waals surface area contributed by atoms with Crippen LogP contribution in [0.4, 0.5) is 17.6 Å². The van der Waals surface area contributed by atoms with E-state index in [1.165, 1.54) is 40.9 Å². The van der Waals surface area contributed by atoms with Crippen molar-refractivity contribution < 1.29 is 27.2 Å². The van der Waals surface area contributed by atoms with Crippen molar-refractivity contribution in [2.75, 3.05) is 12.3 Å². The first kappa shape index (κ1) is 21.2. The molecule has 1 atom stereocenters. The Bertz CT molecular complexity index is 870. The third-order valence-electron chi connectivity index (χ3n) is 4.47. The lowest BCUT2D eigenvalue weighted by atomic mass is 10.1. The van der Waals surface area contributed by atoms with Gasteiger partial charge in [0.15, 0.2) is 0 Å². The van der Waals surface area contributed by atoms with Crippen molar-refractivity contribution in [2.45, 2.75) is 24.5 Å². The minimum Gasteiger partial charge on any atom is -0.352 e. The summed E-state index contributed by atoms with van der Waals surface area (Å²) in [5, 5.41) is 2.28. The Morgan fingerprint density at radius 3 is 2.38 bits per heavy atom. The van der Waals surface area contributed by atoms with Gasteiger partial charge in [-0.05, 0) is 35.4 Å². The average Bonchev–Trinajstić information content (AvgIpc) is 3.06. The molecular weight excluding hydrogens is 408 g/mol. The smallest absolute Gasteiger partial charge is 0.352 e. The summed E-state index contributed by atoms with van der Waals surface area (Å²) in [4.78, 5) is 25.8. The van der Waals surface area contributed by atoms with Crippen molar-refractivity contribution in [1.29, 1.82) is 0 Å². The first-order chi connectivity index (χ1) is 13.7. The number of carbonyl (C=O) groups is 2. The van der Waals surface area contributed by atoms with Crippen molar-refractivity contribution in [3.8, 4) is 0 Å². The quantitative estimate of drug-likeness (QED) is 0.707. The summed E-state index contributed by atoms with van der Waals surface area (Å²) in [7, 11) is 0. The van der Waals surface area contributed by atoms with Crippen LogP contribution in [0.2, 0.25) is 0 Å². The van der Waals surface area contributed by atoms with Gasteiger partial charge >= 0.3 is 6.18 Å². The van der Waals surface area contributed by atoms with E-state index >= 15 is 0 Å². The fourth-order valence-corrected chi connectivity index (χ4v) is 4.14. The maximum Gasteiger partial charge on any atom is 0.416 e. The standard InChI is InChI=1S/C20H18F4N2O2S/c21-16-7-1-13(2-8-16)11-25-17(27)9-10-26-18(28)12-29-19(26)14-3-5-15(6-4-14)20(22,23)24/h1-8,19H,9-12H2,(H,25,27). The fraction of sp³-hybridized carbons (Fsp3) is 0.300. The number of benzene rings is 2. The Labute approximate surface area is 169 Å². The van der Waals surface area contributed by atoms with Crippen LogP contribution in [-0.4, -0.2) is 29.0 Å². The normalized spacial score (nSPS) is 16.9. The van der Waals surface area contributed by atoms with Crippen molar-refractivity contribution >= 4 is 23.6 Å². The molecule has 0 aromatic heterocycles. The Morgan fingerprint density at radius 2 is 1.76 bits per heavy atom. The van der Waals surface area contributed by atoms with E-state index in [-0.39, 0.29) is 42.9 Å². The highest BCUT2D eigenvalue weighted by Gasteiger charge is 2.34. The van der Waals surface area contributed by atoms with Crippen LogP contribution in [0.1, 0.15) is 28.5 Å². The zero-order valence-corrected chi connectivity index (χ0v) is 16.0. The molecule has 1 aliphatic heterocycles. The van der Waals surface area contributed by atoms with Crippen LogP contribution in [0.25, 0.3) is 0 Å². The van der Waals surface area contributed by atoms with Crippen molar-refractivity contribution in [1.82, 2.24) is 10.2 Å². The summed E-state index contributed by atoms with van der Waals surface area (Å²) in [6.07, 6.45) is -4.36. The molecule has 1 unspecified atom stereocenters. The Hall–Kier alpha value is -2.55. The van der Waals surface area contributed by atoms with Gasteiger partial charge in [0.1, 0.15) is 11.2 Å². The number of amides is 2. The van der Waals surface area contributed by atoms with Gasteiger partial charge in [-0.15, -0.1) is 11.8 Å². The summed E-state index contributed by atoms with van der Waals surface area (Å²) < 4.78 is 51.1. The number of nitrogens with one attached hydrogen (secondary N) is 1.